The van der Waals surface area contributed by atoms with Crippen LogP contribution in [0.15, 0.2) is 40.9 Å². The predicted octanol–water partition coefficient (Wildman–Crippen LogP) is 4.70. The molecule has 0 amide bonds. The third kappa shape index (κ3) is 3.10. The Labute approximate surface area is 127 Å². The van der Waals surface area contributed by atoms with Crippen molar-refractivity contribution < 1.29 is 9.53 Å². The van der Waals surface area contributed by atoms with E-state index < -0.39 is 0 Å². The number of ether oxygens (including phenoxy) is 1. The van der Waals surface area contributed by atoms with Crippen molar-refractivity contribution in [3.63, 3.8) is 0 Å². The topological polar surface area (TPSA) is 26.3 Å². The van der Waals surface area contributed by atoms with Crippen LogP contribution in [0, 0.1) is 13.8 Å². The first-order valence-corrected chi connectivity index (χ1v) is 7.36. The highest BCUT2D eigenvalue weighted by atomic mass is 79.9. The zero-order chi connectivity index (χ0) is 14.7. The molecule has 0 N–H and O–H groups in total. The highest BCUT2D eigenvalue weighted by Gasteiger charge is 2.15. The van der Waals surface area contributed by atoms with Gasteiger partial charge in [-0.05, 0) is 44.5 Å². The molecule has 0 saturated carbocycles. The highest BCUT2D eigenvalue weighted by molar-refractivity contribution is 9.10. The van der Waals surface area contributed by atoms with Crippen molar-refractivity contribution in [3.8, 4) is 5.75 Å². The fourth-order valence-corrected chi connectivity index (χ4v) is 2.37. The molecular formula is C17H17BrO2. The molecule has 0 aliphatic rings. The van der Waals surface area contributed by atoms with Crippen molar-refractivity contribution in [2.45, 2.75) is 20.8 Å². The van der Waals surface area contributed by atoms with Crippen molar-refractivity contribution in [2.24, 2.45) is 0 Å². The molecule has 0 unspecified atom stereocenters. The first kappa shape index (κ1) is 14.8. The molecule has 0 aliphatic carbocycles. The summed E-state index contributed by atoms with van der Waals surface area (Å²) in [5.41, 5.74) is 3.43. The predicted molar refractivity (Wildman–Crippen MR) is 84.7 cm³/mol. The van der Waals surface area contributed by atoms with Crippen LogP contribution < -0.4 is 4.74 Å². The van der Waals surface area contributed by atoms with Gasteiger partial charge in [0.15, 0.2) is 5.78 Å². The van der Waals surface area contributed by atoms with E-state index in [9.17, 15) is 4.79 Å². The SMILES string of the molecule is CCOc1ccc(C)cc1C(=O)c1ccc(C)c(Br)c1. The second-order valence-corrected chi connectivity index (χ2v) is 5.58. The van der Waals surface area contributed by atoms with Gasteiger partial charge in [0.2, 0.25) is 0 Å². The number of hydrogen-bond acceptors (Lipinski definition) is 2. The molecule has 0 heterocycles. The lowest BCUT2D eigenvalue weighted by Gasteiger charge is -2.11. The molecule has 104 valence electrons. The Morgan fingerprint density at radius 2 is 1.90 bits per heavy atom. The molecule has 0 aromatic heterocycles. The monoisotopic (exact) mass is 332 g/mol. The number of carbonyl (C=O) groups excluding carboxylic acids is 1. The lowest BCUT2D eigenvalue weighted by atomic mass is 10.00. The molecule has 20 heavy (non-hydrogen) atoms. The second-order valence-electron chi connectivity index (χ2n) is 4.73. The summed E-state index contributed by atoms with van der Waals surface area (Å²) in [6.07, 6.45) is 0. The van der Waals surface area contributed by atoms with Crippen molar-refractivity contribution in [3.05, 3.63) is 63.1 Å². The number of ketones is 1. The summed E-state index contributed by atoms with van der Waals surface area (Å²) in [7, 11) is 0. The van der Waals surface area contributed by atoms with Crippen LogP contribution in [0.2, 0.25) is 0 Å². The number of aryl methyl sites for hydroxylation is 2. The van der Waals surface area contributed by atoms with Crippen LogP contribution in [-0.2, 0) is 0 Å². The van der Waals surface area contributed by atoms with Gasteiger partial charge in [-0.15, -0.1) is 0 Å². The van der Waals surface area contributed by atoms with Crippen molar-refractivity contribution >= 4 is 21.7 Å². The van der Waals surface area contributed by atoms with Crippen LogP contribution in [0.3, 0.4) is 0 Å². The molecule has 0 radical (unpaired) electrons. The highest BCUT2D eigenvalue weighted by Crippen LogP contribution is 2.25. The zero-order valence-electron chi connectivity index (χ0n) is 11.9. The van der Waals surface area contributed by atoms with E-state index in [4.69, 9.17) is 4.74 Å². The first-order chi connectivity index (χ1) is 9.52. The number of carbonyl (C=O) groups is 1. The molecule has 3 heteroatoms. The van der Waals surface area contributed by atoms with Gasteiger partial charge < -0.3 is 4.74 Å². The summed E-state index contributed by atoms with van der Waals surface area (Å²) in [6.45, 7) is 6.42. The lowest BCUT2D eigenvalue weighted by Crippen LogP contribution is -2.06. The smallest absolute Gasteiger partial charge is 0.196 e. The average Bonchev–Trinajstić information content (AvgIpc) is 2.43. The molecular weight excluding hydrogens is 316 g/mol. The normalized spacial score (nSPS) is 10.4. The largest absolute Gasteiger partial charge is 0.493 e. The number of benzene rings is 2. The van der Waals surface area contributed by atoms with Gasteiger partial charge in [0.05, 0.1) is 12.2 Å². The Bertz CT molecular complexity index is 647. The number of hydrogen-bond donors (Lipinski definition) is 0. The Morgan fingerprint density at radius 3 is 2.55 bits per heavy atom. The minimum Gasteiger partial charge on any atom is -0.493 e. The minimum absolute atomic E-state index is 0.0159. The number of rotatable bonds is 4. The van der Waals surface area contributed by atoms with E-state index in [0.717, 1.165) is 15.6 Å². The van der Waals surface area contributed by atoms with Crippen molar-refractivity contribution in [1.29, 1.82) is 0 Å². The van der Waals surface area contributed by atoms with Gasteiger partial charge in [0.1, 0.15) is 5.75 Å². The van der Waals surface area contributed by atoms with E-state index >= 15 is 0 Å². The minimum atomic E-state index is -0.0159. The van der Waals surface area contributed by atoms with E-state index in [1.807, 2.05) is 57.2 Å². The summed E-state index contributed by atoms with van der Waals surface area (Å²) >= 11 is 3.47. The van der Waals surface area contributed by atoms with Gasteiger partial charge in [-0.25, -0.2) is 0 Å². The average molecular weight is 333 g/mol. The third-order valence-corrected chi connectivity index (χ3v) is 3.97. The van der Waals surface area contributed by atoms with Crippen LogP contribution in [0.1, 0.15) is 34.0 Å². The third-order valence-electron chi connectivity index (χ3n) is 3.11. The van der Waals surface area contributed by atoms with Crippen LogP contribution in [-0.4, -0.2) is 12.4 Å². The standard InChI is InChI=1S/C17H17BrO2/c1-4-20-16-8-5-11(2)9-14(16)17(19)13-7-6-12(3)15(18)10-13/h5-10H,4H2,1-3H3. The summed E-state index contributed by atoms with van der Waals surface area (Å²) in [5, 5.41) is 0. The first-order valence-electron chi connectivity index (χ1n) is 6.57. The summed E-state index contributed by atoms with van der Waals surface area (Å²) < 4.78 is 6.49. The number of halogens is 1. The maximum absolute atomic E-state index is 12.7. The Balaban J connectivity index is 2.46. The van der Waals surface area contributed by atoms with Gasteiger partial charge in [-0.2, -0.15) is 0 Å². The van der Waals surface area contributed by atoms with E-state index in [0.29, 0.717) is 23.5 Å². The molecule has 0 spiro atoms. The molecule has 2 aromatic carbocycles. The summed E-state index contributed by atoms with van der Waals surface area (Å²) in [4.78, 5) is 12.7. The lowest BCUT2D eigenvalue weighted by molar-refractivity contribution is 0.103. The summed E-state index contributed by atoms with van der Waals surface area (Å²) in [5.74, 6) is 0.623. The maximum Gasteiger partial charge on any atom is 0.196 e. The van der Waals surface area contributed by atoms with Gasteiger partial charge in [-0.1, -0.05) is 39.7 Å². The Morgan fingerprint density at radius 1 is 1.15 bits per heavy atom. The molecule has 0 atom stereocenters. The fourth-order valence-electron chi connectivity index (χ4n) is 1.99. The maximum atomic E-state index is 12.7. The molecule has 0 fully saturated rings. The van der Waals surface area contributed by atoms with Crippen LogP contribution >= 0.6 is 15.9 Å². The Kier molecular flexibility index (Phi) is 4.61. The summed E-state index contributed by atoms with van der Waals surface area (Å²) in [6, 6.07) is 11.3. The quantitative estimate of drug-likeness (QED) is 0.759. The molecule has 0 bridgehead atoms. The van der Waals surface area contributed by atoms with Crippen LogP contribution in [0.25, 0.3) is 0 Å². The van der Waals surface area contributed by atoms with Gasteiger partial charge in [0, 0.05) is 10.0 Å². The van der Waals surface area contributed by atoms with Crippen molar-refractivity contribution in [1.82, 2.24) is 0 Å². The Hall–Kier alpha value is -1.61. The van der Waals surface area contributed by atoms with Gasteiger partial charge in [-0.3, -0.25) is 4.79 Å². The zero-order valence-corrected chi connectivity index (χ0v) is 13.5. The van der Waals surface area contributed by atoms with Crippen LogP contribution in [0.5, 0.6) is 5.75 Å². The van der Waals surface area contributed by atoms with Gasteiger partial charge >= 0.3 is 0 Å². The van der Waals surface area contributed by atoms with Crippen LogP contribution in [0.4, 0.5) is 0 Å². The van der Waals surface area contributed by atoms with E-state index in [2.05, 4.69) is 15.9 Å². The molecule has 0 aliphatic heterocycles. The second kappa shape index (κ2) is 6.23. The fraction of sp³-hybridized carbons (Fsp3) is 0.235. The molecule has 0 saturated heterocycles. The van der Waals surface area contributed by atoms with E-state index in [-0.39, 0.29) is 5.78 Å². The van der Waals surface area contributed by atoms with Crippen molar-refractivity contribution in [2.75, 3.05) is 6.61 Å². The molecule has 2 aromatic rings. The van der Waals surface area contributed by atoms with Gasteiger partial charge in [0.25, 0.3) is 0 Å². The van der Waals surface area contributed by atoms with E-state index in [1.54, 1.807) is 0 Å². The van der Waals surface area contributed by atoms with E-state index in [1.165, 1.54) is 0 Å². The molecule has 2 rings (SSSR count). The molecule has 2 nitrogen and oxygen atoms in total.